The van der Waals surface area contributed by atoms with Crippen LogP contribution in [0.1, 0.15) is 27.2 Å². The van der Waals surface area contributed by atoms with E-state index >= 15 is 0 Å². The molecule has 0 heterocycles. The molecule has 1 unspecified atom stereocenters. The lowest BCUT2D eigenvalue weighted by molar-refractivity contribution is 0.157. The Bertz CT molecular complexity index is 143. The normalized spacial score (nSPS) is 14.8. The number of likely N-dealkylation sites (N-methyl/N-ethyl adjacent to an activating group) is 1. The Hall–Kier alpha value is -0.120. The van der Waals surface area contributed by atoms with E-state index < -0.39 is 0 Å². The molecular formula is C11H26N2O. The average molecular weight is 202 g/mol. The fourth-order valence-corrected chi connectivity index (χ4v) is 1.28. The Morgan fingerprint density at radius 2 is 1.93 bits per heavy atom. The van der Waals surface area contributed by atoms with Crippen LogP contribution in [-0.2, 0) is 4.74 Å². The van der Waals surface area contributed by atoms with E-state index in [1.54, 1.807) is 7.11 Å². The fraction of sp³-hybridized carbons (Fsp3) is 1.00. The van der Waals surface area contributed by atoms with Gasteiger partial charge in [-0.05, 0) is 25.4 Å². The minimum absolute atomic E-state index is 0.130. The Morgan fingerprint density at radius 1 is 1.36 bits per heavy atom. The highest BCUT2D eigenvalue weighted by Crippen LogP contribution is 2.18. The van der Waals surface area contributed by atoms with Crippen LogP contribution in [0.4, 0.5) is 0 Å². The molecule has 0 rings (SSSR count). The first-order valence-corrected chi connectivity index (χ1v) is 5.28. The van der Waals surface area contributed by atoms with Gasteiger partial charge in [0.25, 0.3) is 0 Å². The van der Waals surface area contributed by atoms with Gasteiger partial charge in [0.2, 0.25) is 0 Å². The van der Waals surface area contributed by atoms with Gasteiger partial charge in [-0.15, -0.1) is 0 Å². The molecule has 0 bridgehead atoms. The molecule has 1 atom stereocenters. The van der Waals surface area contributed by atoms with Gasteiger partial charge >= 0.3 is 0 Å². The molecule has 0 aromatic rings. The topological polar surface area (TPSA) is 38.5 Å². The van der Waals surface area contributed by atoms with Crippen LogP contribution >= 0.6 is 0 Å². The Morgan fingerprint density at radius 3 is 2.36 bits per heavy atom. The molecule has 0 aliphatic heterocycles. The van der Waals surface area contributed by atoms with Crippen molar-refractivity contribution in [1.82, 2.24) is 4.90 Å². The molecule has 0 aromatic carbocycles. The highest BCUT2D eigenvalue weighted by molar-refractivity contribution is 4.68. The van der Waals surface area contributed by atoms with Gasteiger partial charge in [0.05, 0.1) is 6.61 Å². The molecule has 0 aliphatic rings. The molecule has 0 aromatic heterocycles. The van der Waals surface area contributed by atoms with Crippen LogP contribution in [0.5, 0.6) is 0 Å². The van der Waals surface area contributed by atoms with Crippen molar-refractivity contribution in [2.75, 3.05) is 33.9 Å². The molecule has 3 nitrogen and oxygen atoms in total. The maximum atomic E-state index is 5.86. The van der Waals surface area contributed by atoms with Gasteiger partial charge in [-0.1, -0.05) is 20.8 Å². The zero-order valence-corrected chi connectivity index (χ0v) is 10.3. The average Bonchev–Trinajstić information content (AvgIpc) is 2.00. The number of nitrogens with zero attached hydrogens (tertiary/aromatic N) is 1. The first-order valence-electron chi connectivity index (χ1n) is 5.28. The molecule has 3 heteroatoms. The van der Waals surface area contributed by atoms with Crippen molar-refractivity contribution in [1.29, 1.82) is 0 Å². The van der Waals surface area contributed by atoms with E-state index in [0.29, 0.717) is 12.0 Å². The van der Waals surface area contributed by atoms with Gasteiger partial charge < -0.3 is 15.4 Å². The van der Waals surface area contributed by atoms with Crippen LogP contribution in [-0.4, -0.2) is 44.8 Å². The van der Waals surface area contributed by atoms with Crippen LogP contribution in [0.2, 0.25) is 0 Å². The number of rotatable bonds is 6. The maximum Gasteiger partial charge on any atom is 0.0626 e. The summed E-state index contributed by atoms with van der Waals surface area (Å²) in [6, 6.07) is 0.130. The summed E-state index contributed by atoms with van der Waals surface area (Å²) in [4.78, 5) is 2.27. The predicted octanol–water partition coefficient (Wildman–Crippen LogP) is 1.33. The lowest BCUT2D eigenvalue weighted by Crippen LogP contribution is -2.39. The van der Waals surface area contributed by atoms with E-state index in [9.17, 15) is 0 Å². The second-order valence-corrected chi connectivity index (χ2v) is 5.29. The van der Waals surface area contributed by atoms with Gasteiger partial charge in [-0.2, -0.15) is 0 Å². The lowest BCUT2D eigenvalue weighted by Gasteiger charge is -2.25. The summed E-state index contributed by atoms with van der Waals surface area (Å²) in [6.07, 6.45) is 1.20. The van der Waals surface area contributed by atoms with Gasteiger partial charge in [0.1, 0.15) is 0 Å². The van der Waals surface area contributed by atoms with Gasteiger partial charge in [-0.3, -0.25) is 0 Å². The summed E-state index contributed by atoms with van der Waals surface area (Å²) in [5.41, 5.74) is 6.26. The summed E-state index contributed by atoms with van der Waals surface area (Å²) in [5.74, 6) is 0. The largest absolute Gasteiger partial charge is 0.383 e. The van der Waals surface area contributed by atoms with Crippen LogP contribution in [0.25, 0.3) is 0 Å². The number of hydrogen-bond donors (Lipinski definition) is 1. The first-order chi connectivity index (χ1) is 6.35. The number of ether oxygens (including phenoxy) is 1. The molecule has 14 heavy (non-hydrogen) atoms. The van der Waals surface area contributed by atoms with Crippen molar-refractivity contribution >= 4 is 0 Å². The Kier molecular flexibility index (Phi) is 6.33. The quantitative estimate of drug-likeness (QED) is 0.706. The SMILES string of the molecule is COCC(N)CN(C)CCC(C)(C)C. The second-order valence-electron chi connectivity index (χ2n) is 5.29. The summed E-state index contributed by atoms with van der Waals surface area (Å²) in [5, 5.41) is 0. The van der Waals surface area contributed by atoms with Crippen LogP contribution in [0.3, 0.4) is 0 Å². The third kappa shape index (κ3) is 8.48. The van der Waals surface area contributed by atoms with Crippen molar-refractivity contribution in [2.24, 2.45) is 11.1 Å². The fourth-order valence-electron chi connectivity index (χ4n) is 1.28. The van der Waals surface area contributed by atoms with Crippen LogP contribution in [0, 0.1) is 5.41 Å². The summed E-state index contributed by atoms with van der Waals surface area (Å²) < 4.78 is 5.00. The van der Waals surface area contributed by atoms with Crippen molar-refractivity contribution in [3.8, 4) is 0 Å². The van der Waals surface area contributed by atoms with Gasteiger partial charge in [0.15, 0.2) is 0 Å². The number of hydrogen-bond acceptors (Lipinski definition) is 3. The predicted molar refractivity (Wildman–Crippen MR) is 61.4 cm³/mol. The standard InChI is InChI=1S/C11H26N2O/c1-11(2,3)6-7-13(4)8-10(12)9-14-5/h10H,6-9,12H2,1-5H3. The molecule has 0 radical (unpaired) electrons. The molecule has 0 spiro atoms. The van der Waals surface area contributed by atoms with E-state index in [2.05, 4.69) is 32.7 Å². The summed E-state index contributed by atoms with van der Waals surface area (Å²) in [6.45, 7) is 9.42. The Balaban J connectivity index is 3.59. The molecule has 2 N–H and O–H groups in total. The van der Waals surface area contributed by atoms with E-state index in [-0.39, 0.29) is 6.04 Å². The number of methoxy groups -OCH3 is 1. The van der Waals surface area contributed by atoms with Gasteiger partial charge in [-0.25, -0.2) is 0 Å². The summed E-state index contributed by atoms with van der Waals surface area (Å²) >= 11 is 0. The van der Waals surface area contributed by atoms with Crippen molar-refractivity contribution in [3.63, 3.8) is 0 Å². The Labute approximate surface area is 88.6 Å². The van der Waals surface area contributed by atoms with E-state index in [4.69, 9.17) is 10.5 Å². The molecule has 0 aliphatic carbocycles. The third-order valence-corrected chi connectivity index (χ3v) is 2.17. The van der Waals surface area contributed by atoms with Crippen molar-refractivity contribution < 1.29 is 4.74 Å². The molecular weight excluding hydrogens is 176 g/mol. The van der Waals surface area contributed by atoms with E-state index in [1.165, 1.54) is 6.42 Å². The number of nitrogens with two attached hydrogens (primary N) is 1. The molecule has 0 fully saturated rings. The highest BCUT2D eigenvalue weighted by Gasteiger charge is 2.12. The minimum atomic E-state index is 0.130. The van der Waals surface area contributed by atoms with E-state index in [0.717, 1.165) is 13.1 Å². The van der Waals surface area contributed by atoms with Crippen LogP contribution < -0.4 is 5.73 Å². The molecule has 0 saturated carbocycles. The zero-order valence-electron chi connectivity index (χ0n) is 10.3. The zero-order chi connectivity index (χ0) is 11.2. The molecule has 86 valence electrons. The highest BCUT2D eigenvalue weighted by atomic mass is 16.5. The molecule has 0 amide bonds. The second kappa shape index (κ2) is 6.38. The van der Waals surface area contributed by atoms with Gasteiger partial charge in [0, 0.05) is 19.7 Å². The smallest absolute Gasteiger partial charge is 0.0626 e. The maximum absolute atomic E-state index is 5.86. The van der Waals surface area contributed by atoms with Crippen molar-refractivity contribution in [3.05, 3.63) is 0 Å². The monoisotopic (exact) mass is 202 g/mol. The van der Waals surface area contributed by atoms with E-state index in [1.807, 2.05) is 0 Å². The third-order valence-electron chi connectivity index (χ3n) is 2.17. The van der Waals surface area contributed by atoms with Crippen LogP contribution in [0.15, 0.2) is 0 Å². The van der Waals surface area contributed by atoms with Crippen molar-refractivity contribution in [2.45, 2.75) is 33.2 Å². The molecule has 0 saturated heterocycles. The lowest BCUT2D eigenvalue weighted by atomic mass is 9.92. The first kappa shape index (κ1) is 13.9. The minimum Gasteiger partial charge on any atom is -0.383 e. The summed E-state index contributed by atoms with van der Waals surface area (Å²) in [7, 11) is 3.80.